The van der Waals surface area contributed by atoms with Crippen molar-refractivity contribution in [2.75, 3.05) is 40.4 Å². The van der Waals surface area contributed by atoms with Crippen molar-refractivity contribution in [3.05, 3.63) is 70.9 Å². The van der Waals surface area contributed by atoms with Crippen LogP contribution in [-0.4, -0.2) is 142 Å². The first-order valence-corrected chi connectivity index (χ1v) is 24.8. The molecule has 8 bridgehead atoms. The van der Waals surface area contributed by atoms with Gasteiger partial charge in [0.25, 0.3) is 5.91 Å². The summed E-state index contributed by atoms with van der Waals surface area (Å²) in [6, 6.07) is 2.88. The summed E-state index contributed by atoms with van der Waals surface area (Å²) in [5.41, 5.74) is 8.85. The second-order valence-corrected chi connectivity index (χ2v) is 20.5. The molecular weight excluding hydrogens is 883 g/mol. The zero-order valence-corrected chi connectivity index (χ0v) is 42.0. The van der Waals surface area contributed by atoms with Gasteiger partial charge >= 0.3 is 12.0 Å². The van der Waals surface area contributed by atoms with Crippen molar-refractivity contribution in [1.82, 2.24) is 40.0 Å². The molecule has 16 nitrogen and oxygen atoms in total. The van der Waals surface area contributed by atoms with Crippen LogP contribution in [0.1, 0.15) is 90.4 Å². The van der Waals surface area contributed by atoms with Crippen molar-refractivity contribution in [1.29, 1.82) is 0 Å². The lowest BCUT2D eigenvalue weighted by Gasteiger charge is -2.52. The number of hydrazine groups is 1. The van der Waals surface area contributed by atoms with Crippen molar-refractivity contribution in [3.8, 4) is 11.3 Å². The van der Waals surface area contributed by atoms with E-state index in [1.54, 1.807) is 30.2 Å². The van der Waals surface area contributed by atoms with Gasteiger partial charge in [0.2, 0.25) is 11.8 Å². The van der Waals surface area contributed by atoms with Gasteiger partial charge in [0.05, 0.1) is 40.8 Å². The number of amides is 5. The monoisotopic (exact) mass is 952 g/mol. The molecule has 8 rings (SSSR count). The lowest BCUT2D eigenvalue weighted by molar-refractivity contribution is -0.155. The quantitative estimate of drug-likeness (QED) is 0.0957. The summed E-state index contributed by atoms with van der Waals surface area (Å²) >= 11 is 1.40. The number of aromatic nitrogens is 2. The van der Waals surface area contributed by atoms with E-state index < -0.39 is 41.3 Å². The first kappa shape index (κ1) is 50.2. The Kier molecular flexibility index (Phi) is 15.5. The number of benzene rings is 1. The number of piperidine rings is 2. The number of aliphatic imine (C=N–C) groups is 1. The number of allylic oxidation sites excluding steroid dienone is 2. The number of nitrogens with one attached hydrogen (secondary N) is 2. The highest BCUT2D eigenvalue weighted by molar-refractivity contribution is 7.10. The minimum absolute atomic E-state index is 0.0675. The molecule has 2 aromatic heterocycles. The van der Waals surface area contributed by atoms with Gasteiger partial charge in [-0.25, -0.2) is 15.2 Å². The number of carbonyl (C=O) groups excluding carboxylic acids is 5. The average molecular weight is 952 g/mol. The number of methoxy groups -OCH3 is 1. The number of carbonyl (C=O) groups is 5. The van der Waals surface area contributed by atoms with E-state index in [-0.39, 0.29) is 49.1 Å². The van der Waals surface area contributed by atoms with Crippen LogP contribution in [0.2, 0.25) is 0 Å². The van der Waals surface area contributed by atoms with Gasteiger partial charge < -0.3 is 34.1 Å². The molecule has 17 heteroatoms. The number of hydrogen-bond donors (Lipinski definition) is 2. The number of rotatable bonds is 11. The largest absolute Gasteiger partial charge is 0.464 e. The number of aryl methyl sites for hydroxylation is 1. The van der Waals surface area contributed by atoms with E-state index >= 15 is 0 Å². The second-order valence-electron chi connectivity index (χ2n) is 19.5. The number of ether oxygens (including phenoxy) is 2. The lowest BCUT2D eigenvalue weighted by atomic mass is 9.84. The number of piperazine rings is 1. The Labute approximate surface area is 404 Å². The molecule has 68 heavy (non-hydrogen) atoms. The number of esters is 1. The summed E-state index contributed by atoms with van der Waals surface area (Å²) in [5, 5.41) is 8.08. The molecule has 5 aliphatic rings. The molecule has 2 unspecified atom stereocenters. The molecule has 0 saturated carbocycles. The molecule has 0 aliphatic carbocycles. The minimum atomic E-state index is -1.09. The van der Waals surface area contributed by atoms with Crippen LogP contribution in [0, 0.1) is 11.3 Å². The molecule has 0 radical (unpaired) electrons. The normalized spacial score (nSPS) is 23.2. The van der Waals surface area contributed by atoms with Crippen LogP contribution in [0.4, 0.5) is 4.79 Å². The van der Waals surface area contributed by atoms with Gasteiger partial charge in [-0.1, -0.05) is 53.0 Å². The first-order valence-electron chi connectivity index (χ1n) is 23.9. The number of hydrogen-bond acceptors (Lipinski definition) is 11. The lowest BCUT2D eigenvalue weighted by Crippen LogP contribution is -2.67. The van der Waals surface area contributed by atoms with Gasteiger partial charge in [0, 0.05) is 91.8 Å². The zero-order chi connectivity index (χ0) is 49.2. The van der Waals surface area contributed by atoms with Crippen molar-refractivity contribution in [3.63, 3.8) is 0 Å². The molecule has 2 N–H and O–H groups in total. The van der Waals surface area contributed by atoms with Gasteiger partial charge in [-0.2, -0.15) is 0 Å². The smallest absolute Gasteiger partial charge is 0.324 e. The van der Waals surface area contributed by atoms with Crippen LogP contribution >= 0.6 is 11.3 Å². The van der Waals surface area contributed by atoms with E-state index in [1.165, 1.54) is 27.3 Å². The number of fused-ring (bicyclic) bond motifs is 9. The van der Waals surface area contributed by atoms with E-state index in [9.17, 15) is 24.0 Å². The Morgan fingerprint density at radius 3 is 2.46 bits per heavy atom. The molecule has 7 heterocycles. The molecular formula is C51H69N9O7S. The predicted octanol–water partition coefficient (Wildman–Crippen LogP) is 6.39. The topological polar surface area (TPSA) is 171 Å². The summed E-state index contributed by atoms with van der Waals surface area (Å²) in [4.78, 5) is 85.0. The van der Waals surface area contributed by atoms with Crippen molar-refractivity contribution >= 4 is 63.7 Å². The highest BCUT2D eigenvalue weighted by Gasteiger charge is 2.45. The van der Waals surface area contributed by atoms with Gasteiger partial charge in [-0.05, 0) is 82.6 Å². The molecule has 6 atom stereocenters. The van der Waals surface area contributed by atoms with Crippen LogP contribution in [0.25, 0.3) is 27.7 Å². The SMILES string of the molecule is C=CC(=O)N1CC2CCC1CN2C(=O)N(C)[C@H](C(=O)N[C@H]1Cc2nc(cs2)-c2ccc3c(c2)c(c(/C(C=C)=C(/N=CC)[C@H](C)OC)n3CC)CC(C)(C)COC(=O)[C@@H]2CCCN(N2)C1=O)C(C)C. The number of nitrogens with zero attached hydrogens (tertiary/aromatic N) is 7. The zero-order valence-electron chi connectivity index (χ0n) is 41.2. The maximum Gasteiger partial charge on any atom is 0.324 e. The van der Waals surface area contributed by atoms with Gasteiger partial charge in [-0.15, -0.1) is 11.3 Å². The Balaban J connectivity index is 1.26. The summed E-state index contributed by atoms with van der Waals surface area (Å²) in [5.74, 6) is -1.85. The molecule has 3 aromatic rings. The van der Waals surface area contributed by atoms with Gasteiger partial charge in [0.1, 0.15) is 18.1 Å². The van der Waals surface area contributed by atoms with Crippen molar-refractivity contribution < 1.29 is 33.4 Å². The van der Waals surface area contributed by atoms with Crippen LogP contribution in [-0.2, 0) is 48.0 Å². The van der Waals surface area contributed by atoms with E-state index in [0.29, 0.717) is 50.4 Å². The number of cyclic esters (lactones) is 1. The van der Waals surface area contributed by atoms with Crippen LogP contribution in [0.3, 0.4) is 0 Å². The van der Waals surface area contributed by atoms with Crippen molar-refractivity contribution in [2.45, 2.75) is 130 Å². The highest BCUT2D eigenvalue weighted by atomic mass is 32.1. The summed E-state index contributed by atoms with van der Waals surface area (Å²) in [6.45, 7) is 23.6. The van der Waals surface area contributed by atoms with E-state index in [2.05, 4.69) is 67.4 Å². The molecule has 4 fully saturated rings. The minimum Gasteiger partial charge on any atom is -0.464 e. The number of thiazole rings is 1. The van der Waals surface area contributed by atoms with Crippen LogP contribution < -0.4 is 10.7 Å². The Hall–Kier alpha value is -5.65. The Morgan fingerprint density at radius 2 is 1.82 bits per heavy atom. The van der Waals surface area contributed by atoms with Crippen LogP contribution in [0.15, 0.2) is 59.6 Å². The highest BCUT2D eigenvalue weighted by Crippen LogP contribution is 2.40. The maximum absolute atomic E-state index is 14.7. The van der Waals surface area contributed by atoms with Gasteiger partial charge in [0.15, 0.2) is 0 Å². The average Bonchev–Trinajstić information content (AvgIpc) is 3.93. The molecule has 4 saturated heterocycles. The van der Waals surface area contributed by atoms with E-state index in [1.807, 2.05) is 39.2 Å². The third kappa shape index (κ3) is 10.1. The predicted molar refractivity (Wildman–Crippen MR) is 266 cm³/mol. The number of urea groups is 1. The molecule has 366 valence electrons. The summed E-state index contributed by atoms with van der Waals surface area (Å²) in [7, 11) is 3.29. The number of likely N-dealkylation sites (N-methyl/N-ethyl adjacent to an activating group) is 1. The van der Waals surface area contributed by atoms with E-state index in [0.717, 1.165) is 57.5 Å². The molecule has 5 amide bonds. The second kappa shape index (κ2) is 20.9. The standard InChI is InChI=1S/C51H69N9O7S/c1-12-35(44(52-14-3)31(7)66-11)46-37-25-51(8,9)29-67-49(64)38-17-16-22-60(55-38)48(63)39(24-42-53-40(28-68-42)32-18-21-41(36(37)23-32)57(46)15-4)54-47(62)45(30(5)6)56(10)50(65)59-27-33-19-20-34(59)26-58(33)43(61)13-2/h12-14,18,21,23,28,30-31,33-34,38-39,45,55H,1-2,15-17,19-20,22,24-27,29H2,3-11H3,(H,54,62)/b44-35+,52-14?/t31-,33?,34?,38-,39-,45-/m0/s1. The third-order valence-electron chi connectivity index (χ3n) is 13.9. The Bertz CT molecular complexity index is 2510. The fourth-order valence-electron chi connectivity index (χ4n) is 10.4. The molecule has 5 aliphatic heterocycles. The fraction of sp³-hybridized carbons (Fsp3) is 0.549. The van der Waals surface area contributed by atoms with Gasteiger partial charge in [-0.3, -0.25) is 29.2 Å². The molecule has 1 aromatic carbocycles. The molecule has 0 spiro atoms. The van der Waals surface area contributed by atoms with E-state index in [4.69, 9.17) is 19.5 Å². The fourth-order valence-corrected chi connectivity index (χ4v) is 11.3. The van der Waals surface area contributed by atoms with Crippen LogP contribution in [0.5, 0.6) is 0 Å². The Morgan fingerprint density at radius 1 is 1.10 bits per heavy atom. The first-order chi connectivity index (χ1) is 32.4. The maximum atomic E-state index is 14.7. The third-order valence-corrected chi connectivity index (χ3v) is 14.8. The summed E-state index contributed by atoms with van der Waals surface area (Å²) in [6.07, 6.45) is 7.73. The summed E-state index contributed by atoms with van der Waals surface area (Å²) < 4.78 is 14.2. The van der Waals surface area contributed by atoms with Crippen molar-refractivity contribution in [2.24, 2.45) is 16.3 Å².